The first-order chi connectivity index (χ1) is 5.61. The molecule has 0 aliphatic heterocycles. The second-order valence-corrected chi connectivity index (χ2v) is 2.68. The Morgan fingerprint density at radius 2 is 2.17 bits per heavy atom. The monoisotopic (exact) mass is 161 g/mol. The van der Waals surface area contributed by atoms with Crippen LogP contribution in [0.3, 0.4) is 0 Å². The van der Waals surface area contributed by atoms with Crippen molar-refractivity contribution in [3.05, 3.63) is 23.9 Å². The first kappa shape index (κ1) is 10.7. The average molecular weight is 161 g/mol. The van der Waals surface area contributed by atoms with Gasteiger partial charge < -0.3 is 0 Å². The van der Waals surface area contributed by atoms with Crippen LogP contribution in [0.1, 0.15) is 27.2 Å². The molecule has 12 heavy (non-hydrogen) atoms. The van der Waals surface area contributed by atoms with Gasteiger partial charge in [-0.3, -0.25) is 4.99 Å². The molecule has 0 atom stereocenters. The van der Waals surface area contributed by atoms with Gasteiger partial charge in [-0.15, -0.1) is 6.42 Å². The van der Waals surface area contributed by atoms with E-state index in [-0.39, 0.29) is 0 Å². The Balaban J connectivity index is 4.70. The van der Waals surface area contributed by atoms with E-state index in [0.717, 1.165) is 23.4 Å². The summed E-state index contributed by atoms with van der Waals surface area (Å²) >= 11 is 0. The van der Waals surface area contributed by atoms with Gasteiger partial charge >= 0.3 is 0 Å². The fraction of sp³-hybridized carbons (Fsp3) is 0.364. The Morgan fingerprint density at radius 1 is 1.58 bits per heavy atom. The highest BCUT2D eigenvalue weighted by Gasteiger charge is 1.94. The lowest BCUT2D eigenvalue weighted by molar-refractivity contribution is 1.21. The van der Waals surface area contributed by atoms with E-state index in [4.69, 9.17) is 6.42 Å². The zero-order valence-corrected chi connectivity index (χ0v) is 8.02. The van der Waals surface area contributed by atoms with Gasteiger partial charge in [-0.25, -0.2) is 0 Å². The number of hydrogen-bond donors (Lipinski definition) is 0. The molecule has 0 amide bonds. The molecule has 0 aromatic carbocycles. The molecular formula is C11H15N. The largest absolute Gasteiger partial charge is 0.257 e. The number of nitrogens with zero attached hydrogens (tertiary/aromatic N) is 1. The Bertz CT molecular complexity index is 261. The minimum Gasteiger partial charge on any atom is -0.257 e. The van der Waals surface area contributed by atoms with Crippen molar-refractivity contribution in [2.75, 3.05) is 0 Å². The SMILES string of the molecule is C#C/C=C(\N=C(C)CC)C(=C)C. The van der Waals surface area contributed by atoms with Crippen LogP contribution in [0.25, 0.3) is 0 Å². The third-order valence-electron chi connectivity index (χ3n) is 1.48. The van der Waals surface area contributed by atoms with Crippen LogP contribution in [0.4, 0.5) is 0 Å². The minimum absolute atomic E-state index is 0.803. The van der Waals surface area contributed by atoms with E-state index >= 15 is 0 Å². The highest BCUT2D eigenvalue weighted by molar-refractivity contribution is 5.83. The van der Waals surface area contributed by atoms with Crippen molar-refractivity contribution in [3.63, 3.8) is 0 Å². The van der Waals surface area contributed by atoms with Crippen LogP contribution < -0.4 is 0 Å². The molecule has 1 heteroatoms. The standard InChI is InChI=1S/C11H15N/c1-6-8-11(9(3)4)12-10(5)7-2/h1,8H,3,7H2,2,4-5H3/b11-8-,12-10?. The van der Waals surface area contributed by atoms with Gasteiger partial charge in [-0.1, -0.05) is 19.4 Å². The maximum absolute atomic E-state index is 5.15. The van der Waals surface area contributed by atoms with Crippen LogP contribution in [0.15, 0.2) is 28.9 Å². The fourth-order valence-electron chi connectivity index (χ4n) is 0.615. The van der Waals surface area contributed by atoms with Crippen LogP contribution in [0.2, 0.25) is 0 Å². The van der Waals surface area contributed by atoms with Crippen molar-refractivity contribution in [2.45, 2.75) is 27.2 Å². The summed E-state index contributed by atoms with van der Waals surface area (Å²) in [5.41, 5.74) is 2.78. The normalized spacial score (nSPS) is 12.5. The lowest BCUT2D eigenvalue weighted by atomic mass is 10.2. The van der Waals surface area contributed by atoms with Gasteiger partial charge in [0.15, 0.2) is 0 Å². The van der Waals surface area contributed by atoms with E-state index < -0.39 is 0 Å². The number of terminal acetylenes is 1. The van der Waals surface area contributed by atoms with Crippen molar-refractivity contribution in [1.29, 1.82) is 0 Å². The number of rotatable bonds is 3. The van der Waals surface area contributed by atoms with E-state index in [1.807, 2.05) is 13.8 Å². The number of aliphatic imine (C=N–C) groups is 1. The van der Waals surface area contributed by atoms with E-state index in [1.54, 1.807) is 6.08 Å². The number of allylic oxidation sites excluding steroid dienone is 2. The summed E-state index contributed by atoms with van der Waals surface area (Å²) in [5.74, 6) is 2.45. The fourth-order valence-corrected chi connectivity index (χ4v) is 0.615. The molecule has 0 aliphatic rings. The summed E-state index contributed by atoms with van der Waals surface area (Å²) in [7, 11) is 0. The maximum Gasteiger partial charge on any atom is 0.0735 e. The smallest absolute Gasteiger partial charge is 0.0735 e. The molecule has 0 N–H and O–H groups in total. The molecule has 0 rings (SSSR count). The summed E-state index contributed by atoms with van der Waals surface area (Å²) in [6, 6.07) is 0. The molecule has 0 aliphatic carbocycles. The van der Waals surface area contributed by atoms with Gasteiger partial charge in [0.1, 0.15) is 0 Å². The van der Waals surface area contributed by atoms with Crippen molar-refractivity contribution in [3.8, 4) is 12.3 Å². The predicted molar refractivity (Wildman–Crippen MR) is 55.1 cm³/mol. The Hall–Kier alpha value is -1.29. The molecule has 0 saturated carbocycles. The van der Waals surface area contributed by atoms with Crippen LogP contribution in [-0.2, 0) is 0 Å². The minimum atomic E-state index is 0.803. The van der Waals surface area contributed by atoms with Crippen LogP contribution in [0, 0.1) is 12.3 Å². The topological polar surface area (TPSA) is 12.4 Å². The van der Waals surface area contributed by atoms with Crippen molar-refractivity contribution in [2.24, 2.45) is 4.99 Å². The maximum atomic E-state index is 5.15. The van der Waals surface area contributed by atoms with Crippen LogP contribution in [-0.4, -0.2) is 5.71 Å². The zero-order chi connectivity index (χ0) is 9.56. The molecule has 0 aromatic heterocycles. The molecule has 0 heterocycles. The van der Waals surface area contributed by atoms with E-state index in [1.165, 1.54) is 0 Å². The second kappa shape index (κ2) is 5.37. The summed E-state index contributed by atoms with van der Waals surface area (Å²) in [6.45, 7) is 9.73. The molecular weight excluding hydrogens is 146 g/mol. The van der Waals surface area contributed by atoms with Crippen molar-refractivity contribution < 1.29 is 0 Å². The van der Waals surface area contributed by atoms with Gasteiger partial charge in [0, 0.05) is 11.8 Å². The molecule has 64 valence electrons. The molecule has 0 aromatic rings. The Labute approximate surface area is 74.9 Å². The lowest BCUT2D eigenvalue weighted by Crippen LogP contribution is -1.90. The lowest BCUT2D eigenvalue weighted by Gasteiger charge is -2.00. The number of hydrogen-bond acceptors (Lipinski definition) is 1. The molecule has 0 spiro atoms. The van der Waals surface area contributed by atoms with E-state index in [9.17, 15) is 0 Å². The molecule has 0 radical (unpaired) electrons. The van der Waals surface area contributed by atoms with Gasteiger partial charge in [0.25, 0.3) is 0 Å². The van der Waals surface area contributed by atoms with E-state index in [2.05, 4.69) is 24.4 Å². The summed E-state index contributed by atoms with van der Waals surface area (Å²) in [6.07, 6.45) is 7.73. The molecule has 0 saturated heterocycles. The van der Waals surface area contributed by atoms with Crippen LogP contribution >= 0.6 is 0 Å². The third kappa shape index (κ3) is 3.78. The highest BCUT2D eigenvalue weighted by atomic mass is 14.7. The predicted octanol–water partition coefficient (Wildman–Crippen LogP) is 2.95. The quantitative estimate of drug-likeness (QED) is 0.343. The van der Waals surface area contributed by atoms with Gasteiger partial charge in [0.2, 0.25) is 0 Å². The van der Waals surface area contributed by atoms with Crippen molar-refractivity contribution >= 4 is 5.71 Å². The molecule has 0 fully saturated rings. The van der Waals surface area contributed by atoms with Gasteiger partial charge in [0.05, 0.1) is 5.70 Å². The Kier molecular flexibility index (Phi) is 4.79. The summed E-state index contributed by atoms with van der Waals surface area (Å²) in [5, 5.41) is 0. The zero-order valence-electron chi connectivity index (χ0n) is 8.02. The van der Waals surface area contributed by atoms with Crippen LogP contribution in [0.5, 0.6) is 0 Å². The first-order valence-corrected chi connectivity index (χ1v) is 3.98. The molecule has 1 nitrogen and oxygen atoms in total. The first-order valence-electron chi connectivity index (χ1n) is 3.98. The highest BCUT2D eigenvalue weighted by Crippen LogP contribution is 2.08. The molecule has 0 unspecified atom stereocenters. The van der Waals surface area contributed by atoms with Crippen molar-refractivity contribution in [1.82, 2.24) is 0 Å². The van der Waals surface area contributed by atoms with Gasteiger partial charge in [-0.2, -0.15) is 0 Å². The Morgan fingerprint density at radius 3 is 2.50 bits per heavy atom. The summed E-state index contributed by atoms with van der Waals surface area (Å²) < 4.78 is 0. The summed E-state index contributed by atoms with van der Waals surface area (Å²) in [4.78, 5) is 4.32. The average Bonchev–Trinajstić information content (AvgIpc) is 2.03. The second-order valence-electron chi connectivity index (χ2n) is 2.68. The van der Waals surface area contributed by atoms with E-state index in [0.29, 0.717) is 0 Å². The molecule has 0 bridgehead atoms. The van der Waals surface area contributed by atoms with Gasteiger partial charge in [-0.05, 0) is 25.8 Å². The third-order valence-corrected chi connectivity index (χ3v) is 1.48.